The minimum atomic E-state index is -0.574. The molecule has 0 spiro atoms. The number of carbonyl (C=O) groups excluding carboxylic acids is 2. The summed E-state index contributed by atoms with van der Waals surface area (Å²) in [6, 6.07) is 0. The van der Waals surface area contributed by atoms with E-state index in [2.05, 4.69) is 16.1 Å². The quantitative estimate of drug-likeness (QED) is 0.350. The molecule has 66 valence electrons. The summed E-state index contributed by atoms with van der Waals surface area (Å²) in [5, 5.41) is 0. The SMILES string of the molecule is C=C(/C=C/C(=O)OC)C(=O)OC. The topological polar surface area (TPSA) is 52.6 Å². The smallest absolute Gasteiger partial charge is 0.337 e. The van der Waals surface area contributed by atoms with Gasteiger partial charge < -0.3 is 9.47 Å². The van der Waals surface area contributed by atoms with Crippen molar-refractivity contribution >= 4 is 11.9 Å². The van der Waals surface area contributed by atoms with E-state index in [0.717, 1.165) is 6.08 Å². The average molecular weight is 170 g/mol. The Morgan fingerprint density at radius 1 is 1.17 bits per heavy atom. The summed E-state index contributed by atoms with van der Waals surface area (Å²) in [6.45, 7) is 3.36. The van der Waals surface area contributed by atoms with Crippen molar-refractivity contribution in [2.45, 2.75) is 0 Å². The van der Waals surface area contributed by atoms with E-state index in [9.17, 15) is 9.59 Å². The first-order chi connectivity index (χ1) is 5.61. The predicted molar refractivity (Wildman–Crippen MR) is 42.3 cm³/mol. The second-order valence-electron chi connectivity index (χ2n) is 1.87. The zero-order valence-electron chi connectivity index (χ0n) is 6.99. The van der Waals surface area contributed by atoms with Gasteiger partial charge in [0.2, 0.25) is 0 Å². The zero-order valence-corrected chi connectivity index (χ0v) is 6.99. The van der Waals surface area contributed by atoms with E-state index in [0.29, 0.717) is 0 Å². The summed E-state index contributed by atoms with van der Waals surface area (Å²) in [4.78, 5) is 21.2. The highest BCUT2D eigenvalue weighted by atomic mass is 16.5. The van der Waals surface area contributed by atoms with E-state index in [1.54, 1.807) is 0 Å². The van der Waals surface area contributed by atoms with Gasteiger partial charge in [0, 0.05) is 6.08 Å². The van der Waals surface area contributed by atoms with Crippen LogP contribution in [0.3, 0.4) is 0 Å². The molecule has 0 aliphatic heterocycles. The molecule has 0 unspecified atom stereocenters. The molecule has 0 aromatic rings. The lowest BCUT2D eigenvalue weighted by atomic mass is 10.3. The first-order valence-electron chi connectivity index (χ1n) is 3.15. The monoisotopic (exact) mass is 170 g/mol. The van der Waals surface area contributed by atoms with E-state index < -0.39 is 11.9 Å². The minimum Gasteiger partial charge on any atom is -0.466 e. The molecule has 0 heterocycles. The molecule has 0 saturated heterocycles. The highest BCUT2D eigenvalue weighted by Crippen LogP contribution is 1.95. The first kappa shape index (κ1) is 10.4. The molecular weight excluding hydrogens is 160 g/mol. The molecule has 0 amide bonds. The Balaban J connectivity index is 4.09. The maximum atomic E-state index is 10.7. The fraction of sp³-hybridized carbons (Fsp3) is 0.250. The minimum absolute atomic E-state index is 0.0999. The van der Waals surface area contributed by atoms with Crippen LogP contribution in [0.2, 0.25) is 0 Å². The number of ether oxygens (including phenoxy) is 2. The lowest BCUT2D eigenvalue weighted by Gasteiger charge is -1.95. The summed E-state index contributed by atoms with van der Waals surface area (Å²) < 4.78 is 8.63. The highest BCUT2D eigenvalue weighted by Gasteiger charge is 2.02. The number of carbonyl (C=O) groups is 2. The van der Waals surface area contributed by atoms with Crippen molar-refractivity contribution < 1.29 is 19.1 Å². The molecule has 12 heavy (non-hydrogen) atoms. The fourth-order valence-electron chi connectivity index (χ4n) is 0.436. The molecule has 4 nitrogen and oxygen atoms in total. The predicted octanol–water partition coefficient (Wildman–Crippen LogP) is 0.445. The van der Waals surface area contributed by atoms with Crippen molar-refractivity contribution in [1.82, 2.24) is 0 Å². The van der Waals surface area contributed by atoms with Crippen LogP contribution in [0.15, 0.2) is 24.3 Å². The van der Waals surface area contributed by atoms with Crippen molar-refractivity contribution in [2.75, 3.05) is 14.2 Å². The Morgan fingerprint density at radius 3 is 2.17 bits per heavy atom. The van der Waals surface area contributed by atoms with Crippen molar-refractivity contribution in [1.29, 1.82) is 0 Å². The van der Waals surface area contributed by atoms with E-state index in [1.165, 1.54) is 20.3 Å². The maximum absolute atomic E-state index is 10.7. The summed E-state index contributed by atoms with van der Waals surface area (Å²) in [5.41, 5.74) is 0.0999. The molecule has 0 aromatic carbocycles. The van der Waals surface area contributed by atoms with Gasteiger partial charge in [-0.2, -0.15) is 0 Å². The Kier molecular flexibility index (Phi) is 4.45. The molecule has 0 atom stereocenters. The Hall–Kier alpha value is -1.58. The molecule has 0 aromatic heterocycles. The van der Waals surface area contributed by atoms with Gasteiger partial charge in [0.25, 0.3) is 0 Å². The van der Waals surface area contributed by atoms with Gasteiger partial charge in [-0.25, -0.2) is 9.59 Å². The molecule has 0 fully saturated rings. The molecule has 0 N–H and O–H groups in total. The lowest BCUT2D eigenvalue weighted by molar-refractivity contribution is -0.135. The maximum Gasteiger partial charge on any atom is 0.337 e. The van der Waals surface area contributed by atoms with Crippen molar-refractivity contribution in [3.8, 4) is 0 Å². The van der Waals surface area contributed by atoms with Gasteiger partial charge in [-0.1, -0.05) is 6.58 Å². The zero-order chi connectivity index (χ0) is 9.56. The van der Waals surface area contributed by atoms with Crippen LogP contribution in [0.5, 0.6) is 0 Å². The largest absolute Gasteiger partial charge is 0.466 e. The molecule has 0 aliphatic rings. The van der Waals surface area contributed by atoms with Crippen molar-refractivity contribution in [3.63, 3.8) is 0 Å². The highest BCUT2D eigenvalue weighted by molar-refractivity contribution is 5.93. The van der Waals surface area contributed by atoms with Gasteiger partial charge in [0.15, 0.2) is 0 Å². The molecule has 0 radical (unpaired) electrons. The van der Waals surface area contributed by atoms with Crippen molar-refractivity contribution in [3.05, 3.63) is 24.3 Å². The van der Waals surface area contributed by atoms with E-state index in [-0.39, 0.29) is 5.57 Å². The molecule has 0 aliphatic carbocycles. The number of methoxy groups -OCH3 is 2. The lowest BCUT2D eigenvalue weighted by Crippen LogP contribution is -2.02. The van der Waals surface area contributed by atoms with Gasteiger partial charge in [-0.15, -0.1) is 0 Å². The van der Waals surface area contributed by atoms with Crippen LogP contribution in [-0.4, -0.2) is 26.2 Å². The van der Waals surface area contributed by atoms with Gasteiger partial charge in [0.1, 0.15) is 0 Å². The van der Waals surface area contributed by atoms with Crippen LogP contribution in [0.25, 0.3) is 0 Å². The van der Waals surface area contributed by atoms with Gasteiger partial charge in [0.05, 0.1) is 19.8 Å². The first-order valence-corrected chi connectivity index (χ1v) is 3.15. The van der Waals surface area contributed by atoms with Crippen LogP contribution < -0.4 is 0 Å². The van der Waals surface area contributed by atoms with Crippen LogP contribution in [-0.2, 0) is 19.1 Å². The third kappa shape index (κ3) is 3.55. The van der Waals surface area contributed by atoms with Gasteiger partial charge in [-0.3, -0.25) is 0 Å². The number of rotatable bonds is 3. The van der Waals surface area contributed by atoms with E-state index in [1.807, 2.05) is 0 Å². The number of hydrogen-bond acceptors (Lipinski definition) is 4. The summed E-state index contributed by atoms with van der Waals surface area (Å²) >= 11 is 0. The Morgan fingerprint density at radius 2 is 1.75 bits per heavy atom. The van der Waals surface area contributed by atoms with E-state index in [4.69, 9.17) is 0 Å². The van der Waals surface area contributed by atoms with Crippen LogP contribution in [0, 0.1) is 0 Å². The van der Waals surface area contributed by atoms with E-state index >= 15 is 0 Å². The number of hydrogen-bond donors (Lipinski definition) is 0. The molecular formula is C8H10O4. The van der Waals surface area contributed by atoms with Crippen LogP contribution in [0.1, 0.15) is 0 Å². The van der Waals surface area contributed by atoms with Crippen LogP contribution in [0.4, 0.5) is 0 Å². The fourth-order valence-corrected chi connectivity index (χ4v) is 0.436. The Bertz CT molecular complexity index is 227. The number of esters is 2. The third-order valence-corrected chi connectivity index (χ3v) is 1.07. The normalized spacial score (nSPS) is 9.50. The van der Waals surface area contributed by atoms with Gasteiger partial charge >= 0.3 is 11.9 Å². The third-order valence-electron chi connectivity index (χ3n) is 1.07. The van der Waals surface area contributed by atoms with Crippen LogP contribution >= 0.6 is 0 Å². The average Bonchev–Trinajstić information content (AvgIpc) is 2.11. The Labute approximate surface area is 70.5 Å². The second kappa shape index (κ2) is 5.12. The summed E-state index contributed by atoms with van der Waals surface area (Å²) in [6.07, 6.45) is 2.33. The second-order valence-corrected chi connectivity index (χ2v) is 1.87. The summed E-state index contributed by atoms with van der Waals surface area (Å²) in [5.74, 6) is -1.12. The van der Waals surface area contributed by atoms with Crippen molar-refractivity contribution in [2.24, 2.45) is 0 Å². The molecule has 4 heteroatoms. The molecule has 0 saturated carbocycles. The standard InChI is InChI=1S/C8H10O4/c1-6(8(10)12-3)4-5-7(9)11-2/h4-5H,1H2,2-3H3/b5-4+. The summed E-state index contributed by atoms with van der Waals surface area (Å²) in [7, 11) is 2.48. The van der Waals surface area contributed by atoms with Gasteiger partial charge in [-0.05, 0) is 6.08 Å². The molecule has 0 rings (SSSR count). The molecule has 0 bridgehead atoms.